The van der Waals surface area contributed by atoms with Gasteiger partial charge in [-0.25, -0.2) is 0 Å². The summed E-state index contributed by atoms with van der Waals surface area (Å²) in [5.41, 5.74) is 1.62. The Balaban J connectivity index is 1.56. The van der Waals surface area contributed by atoms with E-state index in [9.17, 15) is 18.0 Å². The van der Waals surface area contributed by atoms with Gasteiger partial charge >= 0.3 is 6.36 Å². The Kier molecular flexibility index (Phi) is 5.67. The Labute approximate surface area is 179 Å². The molecule has 0 saturated heterocycles. The molecule has 10 heteroatoms. The number of hydrogen-bond acceptors (Lipinski definition) is 6. The number of aromatic nitrogens is 3. The van der Waals surface area contributed by atoms with Crippen molar-refractivity contribution in [1.82, 2.24) is 14.7 Å². The Morgan fingerprint density at radius 3 is 2.47 bits per heavy atom. The standard InChI is InChI=1S/C22H16F3N3O4/c1-30-18-4-2-3-14(11-18)12-28-13-16(7-10-19(28)29)21-26-20(27-32-21)15-5-8-17(9-6-15)31-22(23,24)25/h2-11,13H,12H2,1H3. The van der Waals surface area contributed by atoms with E-state index in [2.05, 4.69) is 14.9 Å². The third-order valence-corrected chi connectivity index (χ3v) is 4.49. The highest BCUT2D eigenvalue weighted by Crippen LogP contribution is 2.26. The van der Waals surface area contributed by atoms with E-state index in [1.54, 1.807) is 19.4 Å². The first-order valence-corrected chi connectivity index (χ1v) is 9.34. The van der Waals surface area contributed by atoms with Gasteiger partial charge in [0, 0.05) is 17.8 Å². The first-order chi connectivity index (χ1) is 15.3. The number of pyridine rings is 1. The molecule has 164 valence electrons. The molecule has 4 aromatic rings. The highest BCUT2D eigenvalue weighted by molar-refractivity contribution is 5.60. The Morgan fingerprint density at radius 2 is 1.75 bits per heavy atom. The maximum atomic E-state index is 12.3. The first kappa shape index (κ1) is 21.2. The fourth-order valence-corrected chi connectivity index (χ4v) is 3.01. The average molecular weight is 443 g/mol. The first-order valence-electron chi connectivity index (χ1n) is 9.34. The predicted molar refractivity (Wildman–Crippen MR) is 108 cm³/mol. The summed E-state index contributed by atoms with van der Waals surface area (Å²) in [6.45, 7) is 0.311. The fourth-order valence-electron chi connectivity index (χ4n) is 3.01. The van der Waals surface area contributed by atoms with Crippen LogP contribution in [0, 0.1) is 0 Å². The van der Waals surface area contributed by atoms with Crippen molar-refractivity contribution >= 4 is 0 Å². The van der Waals surface area contributed by atoms with Crippen LogP contribution in [0.15, 0.2) is 76.2 Å². The van der Waals surface area contributed by atoms with E-state index in [0.29, 0.717) is 23.4 Å². The third-order valence-electron chi connectivity index (χ3n) is 4.49. The van der Waals surface area contributed by atoms with Crippen molar-refractivity contribution in [3.63, 3.8) is 0 Å². The van der Waals surface area contributed by atoms with Gasteiger partial charge in [-0.05, 0) is 48.0 Å². The molecule has 7 nitrogen and oxygen atoms in total. The molecule has 0 atom stereocenters. The zero-order chi connectivity index (χ0) is 22.7. The Hall–Kier alpha value is -4.08. The van der Waals surface area contributed by atoms with Crippen molar-refractivity contribution in [2.45, 2.75) is 12.9 Å². The predicted octanol–water partition coefficient (Wildman–Crippen LogP) is 4.52. The van der Waals surface area contributed by atoms with Crippen LogP contribution in [0.5, 0.6) is 11.5 Å². The van der Waals surface area contributed by atoms with Crippen molar-refractivity contribution < 1.29 is 27.2 Å². The van der Waals surface area contributed by atoms with Gasteiger partial charge in [0.1, 0.15) is 11.5 Å². The maximum Gasteiger partial charge on any atom is 0.573 e. The smallest absolute Gasteiger partial charge is 0.497 e. The molecule has 0 bridgehead atoms. The van der Waals surface area contributed by atoms with Crippen LogP contribution >= 0.6 is 0 Å². The van der Waals surface area contributed by atoms with Gasteiger partial charge < -0.3 is 18.6 Å². The van der Waals surface area contributed by atoms with Crippen LogP contribution in [0.1, 0.15) is 5.56 Å². The minimum absolute atomic E-state index is 0.162. The molecule has 0 saturated carbocycles. The molecule has 2 heterocycles. The summed E-state index contributed by atoms with van der Waals surface area (Å²) in [7, 11) is 1.57. The summed E-state index contributed by atoms with van der Waals surface area (Å²) in [4.78, 5) is 16.6. The zero-order valence-corrected chi connectivity index (χ0v) is 16.7. The topological polar surface area (TPSA) is 79.4 Å². The van der Waals surface area contributed by atoms with Crippen LogP contribution in [0.4, 0.5) is 13.2 Å². The lowest BCUT2D eigenvalue weighted by Gasteiger charge is -2.08. The summed E-state index contributed by atoms with van der Waals surface area (Å²) in [6.07, 6.45) is -3.17. The average Bonchev–Trinajstić information content (AvgIpc) is 3.25. The van der Waals surface area contributed by atoms with E-state index in [1.807, 2.05) is 24.3 Å². The molecule has 2 aromatic heterocycles. The van der Waals surface area contributed by atoms with Crippen LogP contribution < -0.4 is 15.0 Å². The van der Waals surface area contributed by atoms with Crippen molar-refractivity contribution in [3.05, 3.63) is 82.8 Å². The van der Waals surface area contributed by atoms with Crippen LogP contribution in [-0.2, 0) is 6.54 Å². The number of methoxy groups -OCH3 is 1. The SMILES string of the molecule is COc1cccc(Cn2cc(-c3nc(-c4ccc(OC(F)(F)F)cc4)no3)ccc2=O)c1. The Morgan fingerprint density at radius 1 is 1.00 bits per heavy atom. The van der Waals surface area contributed by atoms with E-state index in [1.165, 1.54) is 22.8 Å². The van der Waals surface area contributed by atoms with Gasteiger partial charge in [-0.3, -0.25) is 4.79 Å². The minimum Gasteiger partial charge on any atom is -0.497 e. The molecular weight excluding hydrogens is 427 g/mol. The summed E-state index contributed by atoms with van der Waals surface area (Å²) in [5.74, 6) is 0.675. The number of nitrogens with zero attached hydrogens (tertiary/aromatic N) is 3. The quantitative estimate of drug-likeness (QED) is 0.436. The van der Waals surface area contributed by atoms with Crippen LogP contribution in [0.25, 0.3) is 22.8 Å². The fraction of sp³-hybridized carbons (Fsp3) is 0.136. The molecular formula is C22H16F3N3O4. The molecule has 4 rings (SSSR count). The van der Waals surface area contributed by atoms with E-state index < -0.39 is 6.36 Å². The molecule has 32 heavy (non-hydrogen) atoms. The van der Waals surface area contributed by atoms with Gasteiger partial charge in [-0.15, -0.1) is 13.2 Å². The molecule has 0 fully saturated rings. The highest BCUT2D eigenvalue weighted by Gasteiger charge is 2.31. The second kappa shape index (κ2) is 8.58. The van der Waals surface area contributed by atoms with Crippen LogP contribution in [0.2, 0.25) is 0 Å². The lowest BCUT2D eigenvalue weighted by molar-refractivity contribution is -0.274. The van der Waals surface area contributed by atoms with Gasteiger partial charge in [0.25, 0.3) is 11.4 Å². The Bertz CT molecular complexity index is 1280. The van der Waals surface area contributed by atoms with Gasteiger partial charge in [-0.2, -0.15) is 4.98 Å². The lowest BCUT2D eigenvalue weighted by Crippen LogP contribution is -2.19. The summed E-state index contributed by atoms with van der Waals surface area (Å²) in [5, 5.41) is 3.87. The zero-order valence-electron chi connectivity index (χ0n) is 16.7. The van der Waals surface area contributed by atoms with Crippen molar-refractivity contribution in [3.8, 4) is 34.3 Å². The molecule has 0 aliphatic carbocycles. The number of alkyl halides is 3. The van der Waals surface area contributed by atoms with Crippen molar-refractivity contribution in [2.75, 3.05) is 7.11 Å². The third kappa shape index (κ3) is 4.97. The molecule has 0 amide bonds. The van der Waals surface area contributed by atoms with Crippen LogP contribution in [-0.4, -0.2) is 28.2 Å². The normalized spacial score (nSPS) is 11.4. The number of halogens is 3. The second-order valence-corrected chi connectivity index (χ2v) is 6.73. The molecule has 0 aliphatic heterocycles. The molecule has 0 spiro atoms. The monoisotopic (exact) mass is 443 g/mol. The number of ether oxygens (including phenoxy) is 2. The molecule has 0 aliphatic rings. The minimum atomic E-state index is -4.77. The van der Waals surface area contributed by atoms with Gasteiger partial charge in [-0.1, -0.05) is 17.3 Å². The van der Waals surface area contributed by atoms with E-state index in [-0.39, 0.29) is 23.0 Å². The number of benzene rings is 2. The second-order valence-electron chi connectivity index (χ2n) is 6.73. The largest absolute Gasteiger partial charge is 0.573 e. The van der Waals surface area contributed by atoms with Crippen molar-refractivity contribution in [2.24, 2.45) is 0 Å². The van der Waals surface area contributed by atoms with E-state index in [0.717, 1.165) is 17.7 Å². The van der Waals surface area contributed by atoms with Crippen LogP contribution in [0.3, 0.4) is 0 Å². The number of rotatable bonds is 6. The molecule has 0 unspecified atom stereocenters. The highest BCUT2D eigenvalue weighted by atomic mass is 19.4. The van der Waals surface area contributed by atoms with Gasteiger partial charge in [0.05, 0.1) is 19.2 Å². The number of hydrogen-bond donors (Lipinski definition) is 0. The summed E-state index contributed by atoms with van der Waals surface area (Å²) < 4.78 is 52.7. The molecule has 0 N–H and O–H groups in total. The molecule has 0 radical (unpaired) electrons. The van der Waals surface area contributed by atoms with Gasteiger partial charge in [0.2, 0.25) is 5.82 Å². The summed E-state index contributed by atoms with van der Waals surface area (Å²) in [6, 6.07) is 15.4. The van der Waals surface area contributed by atoms with Crippen molar-refractivity contribution in [1.29, 1.82) is 0 Å². The maximum absolute atomic E-state index is 12.3. The summed E-state index contributed by atoms with van der Waals surface area (Å²) >= 11 is 0. The van der Waals surface area contributed by atoms with E-state index in [4.69, 9.17) is 9.26 Å². The lowest BCUT2D eigenvalue weighted by atomic mass is 10.2. The van der Waals surface area contributed by atoms with Gasteiger partial charge in [0.15, 0.2) is 0 Å². The van der Waals surface area contributed by atoms with E-state index >= 15 is 0 Å². The molecule has 2 aromatic carbocycles.